The molecular weight excluding hydrogens is 316 g/mol. The fraction of sp³-hybridized carbons (Fsp3) is 0.467. The third-order valence-corrected chi connectivity index (χ3v) is 3.95. The molecule has 0 spiro atoms. The van der Waals surface area contributed by atoms with Crippen LogP contribution in [0.1, 0.15) is 6.92 Å². The fourth-order valence-electron chi connectivity index (χ4n) is 2.48. The van der Waals surface area contributed by atoms with Gasteiger partial charge < -0.3 is 19.9 Å². The number of likely N-dealkylation sites (N-methyl/N-ethyl adjacent to an activating group) is 1. The molecule has 1 aromatic carbocycles. The van der Waals surface area contributed by atoms with Crippen LogP contribution in [-0.2, 0) is 9.59 Å². The van der Waals surface area contributed by atoms with Gasteiger partial charge in [0.15, 0.2) is 0 Å². The summed E-state index contributed by atoms with van der Waals surface area (Å²) in [7, 11) is 1.33. The maximum absolute atomic E-state index is 12.2. The highest BCUT2D eigenvalue weighted by Crippen LogP contribution is 2.29. The summed E-state index contributed by atoms with van der Waals surface area (Å²) in [5.74, 6) is -1.28. The van der Waals surface area contributed by atoms with Crippen molar-refractivity contribution in [2.24, 2.45) is 0 Å². The molecule has 0 atom stereocenters. The van der Waals surface area contributed by atoms with Crippen LogP contribution in [0.2, 0.25) is 0 Å². The normalized spacial score (nSPS) is 15.0. The summed E-state index contributed by atoms with van der Waals surface area (Å²) in [5, 5.41) is 13.2. The molecule has 2 rings (SSSR count). The molecule has 0 radical (unpaired) electrons. The van der Waals surface area contributed by atoms with E-state index in [4.69, 9.17) is 4.74 Å². The molecule has 1 N–H and O–H groups in total. The number of hydrogen-bond donors (Lipinski definition) is 1. The number of anilines is 1. The van der Waals surface area contributed by atoms with Crippen LogP contribution in [0, 0.1) is 10.1 Å². The zero-order valence-corrected chi connectivity index (χ0v) is 13.7. The van der Waals surface area contributed by atoms with Crippen molar-refractivity contribution in [2.75, 3.05) is 45.2 Å². The largest absolute Gasteiger partial charge is 0.494 e. The van der Waals surface area contributed by atoms with Crippen molar-refractivity contribution < 1.29 is 19.2 Å². The molecule has 0 aliphatic carbocycles. The SMILES string of the molecule is CCN1CCN(C(=O)C(=O)Nc2ccc([N+](=O)[O-])cc2OC)CC1. The Kier molecular flexibility index (Phi) is 5.69. The Morgan fingerprint density at radius 2 is 1.96 bits per heavy atom. The molecule has 24 heavy (non-hydrogen) atoms. The van der Waals surface area contributed by atoms with E-state index in [0.29, 0.717) is 13.1 Å². The molecule has 130 valence electrons. The predicted molar refractivity (Wildman–Crippen MR) is 87.0 cm³/mol. The molecule has 1 aromatic rings. The van der Waals surface area contributed by atoms with E-state index in [0.717, 1.165) is 19.6 Å². The second kappa shape index (κ2) is 7.73. The first-order chi connectivity index (χ1) is 11.5. The van der Waals surface area contributed by atoms with E-state index in [1.54, 1.807) is 0 Å². The topological polar surface area (TPSA) is 105 Å². The van der Waals surface area contributed by atoms with Crippen LogP contribution in [0.15, 0.2) is 18.2 Å². The van der Waals surface area contributed by atoms with Crippen LogP contribution in [0.25, 0.3) is 0 Å². The molecule has 0 saturated carbocycles. The van der Waals surface area contributed by atoms with Crippen LogP contribution < -0.4 is 10.1 Å². The first-order valence-electron chi connectivity index (χ1n) is 7.61. The van der Waals surface area contributed by atoms with E-state index in [1.165, 1.54) is 30.2 Å². The van der Waals surface area contributed by atoms with Gasteiger partial charge in [-0.25, -0.2) is 0 Å². The Bertz CT molecular complexity index is 641. The van der Waals surface area contributed by atoms with Gasteiger partial charge in [0, 0.05) is 32.2 Å². The number of benzene rings is 1. The van der Waals surface area contributed by atoms with Gasteiger partial charge in [0.1, 0.15) is 5.75 Å². The van der Waals surface area contributed by atoms with Crippen LogP contribution >= 0.6 is 0 Å². The molecule has 1 aliphatic heterocycles. The summed E-state index contributed by atoms with van der Waals surface area (Å²) >= 11 is 0. The van der Waals surface area contributed by atoms with Crippen LogP contribution in [0.4, 0.5) is 11.4 Å². The first-order valence-corrected chi connectivity index (χ1v) is 7.61. The minimum absolute atomic E-state index is 0.126. The van der Waals surface area contributed by atoms with Gasteiger partial charge in [0.25, 0.3) is 5.69 Å². The van der Waals surface area contributed by atoms with Crippen LogP contribution in [0.3, 0.4) is 0 Å². The summed E-state index contributed by atoms with van der Waals surface area (Å²) in [5.41, 5.74) is 0.0560. The van der Waals surface area contributed by atoms with Gasteiger partial charge in [-0.2, -0.15) is 0 Å². The second-order valence-electron chi connectivity index (χ2n) is 5.32. The second-order valence-corrected chi connectivity index (χ2v) is 5.32. The van der Waals surface area contributed by atoms with Crippen molar-refractivity contribution >= 4 is 23.2 Å². The van der Waals surface area contributed by atoms with Crippen molar-refractivity contribution in [1.29, 1.82) is 0 Å². The summed E-state index contributed by atoms with van der Waals surface area (Å²) in [4.78, 5) is 38.3. The maximum atomic E-state index is 12.2. The minimum Gasteiger partial charge on any atom is -0.494 e. The van der Waals surface area contributed by atoms with Gasteiger partial charge in [0.05, 0.1) is 23.8 Å². The molecular formula is C15H20N4O5. The Hall–Kier alpha value is -2.68. The Morgan fingerprint density at radius 1 is 1.29 bits per heavy atom. The number of nitrogens with one attached hydrogen (secondary N) is 1. The number of carbonyl (C=O) groups excluding carboxylic acids is 2. The average Bonchev–Trinajstić information content (AvgIpc) is 2.61. The van der Waals surface area contributed by atoms with Gasteiger partial charge in [-0.05, 0) is 12.6 Å². The van der Waals surface area contributed by atoms with Gasteiger partial charge in [0.2, 0.25) is 0 Å². The lowest BCUT2D eigenvalue weighted by atomic mass is 10.2. The Labute approximate surface area is 139 Å². The number of nitro groups is 1. The number of amides is 2. The third-order valence-electron chi connectivity index (χ3n) is 3.95. The number of nitrogens with zero attached hydrogens (tertiary/aromatic N) is 3. The van der Waals surface area contributed by atoms with E-state index in [9.17, 15) is 19.7 Å². The van der Waals surface area contributed by atoms with Crippen molar-refractivity contribution in [3.05, 3.63) is 28.3 Å². The van der Waals surface area contributed by atoms with E-state index in [-0.39, 0.29) is 17.1 Å². The number of ether oxygens (including phenoxy) is 1. The number of piperazine rings is 1. The predicted octanol–water partition coefficient (Wildman–Crippen LogP) is 0.706. The number of carbonyl (C=O) groups is 2. The fourth-order valence-corrected chi connectivity index (χ4v) is 2.48. The van der Waals surface area contributed by atoms with Crippen molar-refractivity contribution in [3.63, 3.8) is 0 Å². The Morgan fingerprint density at radius 3 is 2.50 bits per heavy atom. The van der Waals surface area contributed by atoms with Gasteiger partial charge in [-0.3, -0.25) is 19.7 Å². The zero-order chi connectivity index (χ0) is 17.7. The van der Waals surface area contributed by atoms with Crippen molar-refractivity contribution in [2.45, 2.75) is 6.92 Å². The number of rotatable bonds is 4. The lowest BCUT2D eigenvalue weighted by Gasteiger charge is -2.33. The standard InChI is InChI=1S/C15H20N4O5/c1-3-17-6-8-18(9-7-17)15(21)14(20)16-12-5-4-11(19(22)23)10-13(12)24-2/h4-5,10H,3,6-9H2,1-2H3,(H,16,20). The molecule has 9 heteroatoms. The molecule has 0 unspecified atom stereocenters. The minimum atomic E-state index is -0.785. The summed E-state index contributed by atoms with van der Waals surface area (Å²) < 4.78 is 5.04. The number of hydrogen-bond acceptors (Lipinski definition) is 6. The lowest BCUT2D eigenvalue weighted by Crippen LogP contribution is -2.51. The monoisotopic (exact) mass is 336 g/mol. The number of methoxy groups -OCH3 is 1. The molecule has 2 amide bonds. The molecule has 0 bridgehead atoms. The molecule has 1 saturated heterocycles. The van der Waals surface area contributed by atoms with E-state index in [2.05, 4.69) is 10.2 Å². The lowest BCUT2D eigenvalue weighted by molar-refractivity contribution is -0.384. The summed E-state index contributed by atoms with van der Waals surface area (Å²) in [6.45, 7) is 5.42. The molecule has 1 fully saturated rings. The molecule has 0 aromatic heterocycles. The third kappa shape index (κ3) is 3.99. The summed E-state index contributed by atoms with van der Waals surface area (Å²) in [6.07, 6.45) is 0. The van der Waals surface area contributed by atoms with Crippen molar-refractivity contribution in [1.82, 2.24) is 9.80 Å². The quantitative estimate of drug-likeness (QED) is 0.493. The smallest absolute Gasteiger partial charge is 0.314 e. The number of nitro benzene ring substituents is 1. The van der Waals surface area contributed by atoms with Gasteiger partial charge >= 0.3 is 11.8 Å². The highest BCUT2D eigenvalue weighted by atomic mass is 16.6. The van der Waals surface area contributed by atoms with E-state index in [1.807, 2.05) is 6.92 Å². The highest BCUT2D eigenvalue weighted by Gasteiger charge is 2.26. The van der Waals surface area contributed by atoms with Crippen LogP contribution in [-0.4, -0.2) is 66.4 Å². The van der Waals surface area contributed by atoms with Crippen LogP contribution in [0.5, 0.6) is 5.75 Å². The van der Waals surface area contributed by atoms with E-state index >= 15 is 0 Å². The average molecular weight is 336 g/mol. The van der Waals surface area contributed by atoms with Gasteiger partial charge in [-0.1, -0.05) is 6.92 Å². The number of non-ortho nitro benzene ring substituents is 1. The molecule has 9 nitrogen and oxygen atoms in total. The highest BCUT2D eigenvalue weighted by molar-refractivity contribution is 6.39. The first kappa shape index (κ1) is 17.7. The van der Waals surface area contributed by atoms with E-state index < -0.39 is 16.7 Å². The Balaban J connectivity index is 2.04. The summed E-state index contributed by atoms with van der Waals surface area (Å²) in [6, 6.07) is 3.78. The molecule has 1 aliphatic rings. The zero-order valence-electron chi connectivity index (χ0n) is 13.7. The maximum Gasteiger partial charge on any atom is 0.314 e. The van der Waals surface area contributed by atoms with Gasteiger partial charge in [-0.15, -0.1) is 0 Å². The van der Waals surface area contributed by atoms with Crippen molar-refractivity contribution in [3.8, 4) is 5.75 Å². The molecule has 1 heterocycles.